The maximum absolute atomic E-state index is 10.9. The Morgan fingerprint density at radius 2 is 2.50 bits per heavy atom. The third-order valence-electron chi connectivity index (χ3n) is 1.93. The molecular formula is C8H11BrO. The van der Waals surface area contributed by atoms with Crippen LogP contribution in [0.2, 0.25) is 0 Å². The predicted octanol–water partition coefficient (Wildman–Crippen LogP) is 2.65. The molecule has 1 rings (SSSR count). The molecule has 0 bridgehead atoms. The molecule has 0 radical (unpaired) electrons. The van der Waals surface area contributed by atoms with E-state index in [-0.39, 0.29) is 0 Å². The van der Waals surface area contributed by atoms with Gasteiger partial charge in [0.2, 0.25) is 0 Å². The minimum Gasteiger partial charge on any atom is -0.300 e. The number of hydrogen-bond donors (Lipinski definition) is 0. The van der Waals surface area contributed by atoms with E-state index in [4.69, 9.17) is 0 Å². The summed E-state index contributed by atoms with van der Waals surface area (Å²) < 4.78 is 1.25. The summed E-state index contributed by atoms with van der Waals surface area (Å²) in [6.45, 7) is 1.68. The number of halogens is 1. The van der Waals surface area contributed by atoms with Crippen LogP contribution in [-0.2, 0) is 4.79 Å². The number of carbonyl (C=O) groups excluding carboxylic acids is 1. The Labute approximate surface area is 69.6 Å². The van der Waals surface area contributed by atoms with E-state index in [1.54, 1.807) is 6.92 Å². The van der Waals surface area contributed by atoms with Gasteiger partial charge in [0.15, 0.2) is 0 Å². The second kappa shape index (κ2) is 3.33. The third kappa shape index (κ3) is 1.94. The van der Waals surface area contributed by atoms with Gasteiger partial charge >= 0.3 is 0 Å². The van der Waals surface area contributed by atoms with Gasteiger partial charge in [0.25, 0.3) is 0 Å². The van der Waals surface area contributed by atoms with Gasteiger partial charge in [0.05, 0.1) is 0 Å². The fourth-order valence-corrected chi connectivity index (χ4v) is 1.59. The summed E-state index contributed by atoms with van der Waals surface area (Å²) in [6, 6.07) is 0. The average Bonchev–Trinajstić information content (AvgIpc) is 1.88. The Hall–Kier alpha value is -0.110. The van der Waals surface area contributed by atoms with Crippen LogP contribution in [0.5, 0.6) is 0 Å². The van der Waals surface area contributed by atoms with E-state index in [1.165, 1.54) is 4.48 Å². The largest absolute Gasteiger partial charge is 0.300 e. The molecule has 10 heavy (non-hydrogen) atoms. The molecule has 0 aromatic carbocycles. The molecule has 0 saturated carbocycles. The second-order valence-electron chi connectivity index (χ2n) is 2.73. The lowest BCUT2D eigenvalue weighted by Gasteiger charge is -2.15. The zero-order chi connectivity index (χ0) is 7.56. The van der Waals surface area contributed by atoms with Gasteiger partial charge in [-0.1, -0.05) is 22.0 Å². The van der Waals surface area contributed by atoms with Crippen molar-refractivity contribution in [3.05, 3.63) is 10.6 Å². The van der Waals surface area contributed by atoms with Gasteiger partial charge in [-0.3, -0.25) is 4.79 Å². The Morgan fingerprint density at radius 3 is 2.90 bits per heavy atom. The zero-order valence-corrected chi connectivity index (χ0v) is 7.65. The van der Waals surface area contributed by atoms with Crippen LogP contribution >= 0.6 is 15.9 Å². The molecule has 0 unspecified atom stereocenters. The summed E-state index contributed by atoms with van der Waals surface area (Å²) >= 11 is 3.41. The molecule has 2 heteroatoms. The van der Waals surface area contributed by atoms with Crippen molar-refractivity contribution in [1.82, 2.24) is 0 Å². The fourth-order valence-electron chi connectivity index (χ4n) is 1.17. The Bertz CT molecular complexity index is 172. The summed E-state index contributed by atoms with van der Waals surface area (Å²) in [5.41, 5.74) is 0. The molecule has 0 heterocycles. The molecule has 0 saturated heterocycles. The molecule has 0 aromatic heterocycles. The highest BCUT2D eigenvalue weighted by molar-refractivity contribution is 9.11. The smallest absolute Gasteiger partial charge is 0.133 e. The molecule has 0 N–H and O–H groups in total. The van der Waals surface area contributed by atoms with Crippen LogP contribution in [0.3, 0.4) is 0 Å². The van der Waals surface area contributed by atoms with Crippen molar-refractivity contribution in [2.75, 3.05) is 0 Å². The lowest BCUT2D eigenvalue weighted by molar-refractivity contribution is -0.120. The van der Waals surface area contributed by atoms with E-state index in [2.05, 4.69) is 22.0 Å². The van der Waals surface area contributed by atoms with Gasteiger partial charge in [-0.2, -0.15) is 0 Å². The maximum atomic E-state index is 10.9. The molecule has 0 amide bonds. The van der Waals surface area contributed by atoms with E-state index in [1.807, 2.05) is 0 Å². The lowest BCUT2D eigenvalue weighted by Crippen LogP contribution is -2.12. The van der Waals surface area contributed by atoms with Crippen LogP contribution < -0.4 is 0 Å². The van der Waals surface area contributed by atoms with Gasteiger partial charge in [-0.25, -0.2) is 0 Å². The molecule has 56 valence electrons. The normalized spacial score (nSPS) is 25.8. The van der Waals surface area contributed by atoms with Crippen molar-refractivity contribution < 1.29 is 4.79 Å². The molecule has 1 atom stereocenters. The van der Waals surface area contributed by atoms with Crippen LogP contribution in [0.25, 0.3) is 0 Å². The lowest BCUT2D eigenvalue weighted by atomic mass is 9.91. The number of rotatable bonds is 1. The minimum absolute atomic E-state index is 0.293. The van der Waals surface area contributed by atoms with E-state index in [0.717, 1.165) is 19.3 Å². The van der Waals surface area contributed by atoms with Crippen molar-refractivity contribution in [2.45, 2.75) is 26.2 Å². The predicted molar refractivity (Wildman–Crippen MR) is 45.0 cm³/mol. The Kier molecular flexibility index (Phi) is 2.66. The van der Waals surface area contributed by atoms with E-state index in [9.17, 15) is 4.79 Å². The van der Waals surface area contributed by atoms with Crippen molar-refractivity contribution in [2.24, 2.45) is 5.92 Å². The first-order valence-electron chi connectivity index (χ1n) is 3.55. The van der Waals surface area contributed by atoms with Crippen LogP contribution in [0, 0.1) is 5.92 Å². The topological polar surface area (TPSA) is 17.1 Å². The molecule has 1 nitrogen and oxygen atoms in total. The number of hydrogen-bond acceptors (Lipinski definition) is 1. The van der Waals surface area contributed by atoms with E-state index in [0.29, 0.717) is 11.7 Å². The van der Waals surface area contributed by atoms with Crippen LogP contribution in [0.4, 0.5) is 0 Å². The monoisotopic (exact) mass is 202 g/mol. The van der Waals surface area contributed by atoms with Gasteiger partial charge < -0.3 is 0 Å². The Balaban J connectivity index is 2.50. The van der Waals surface area contributed by atoms with Gasteiger partial charge in [-0.05, 0) is 30.7 Å². The van der Waals surface area contributed by atoms with Crippen molar-refractivity contribution in [1.29, 1.82) is 0 Å². The highest BCUT2D eigenvalue weighted by Crippen LogP contribution is 2.27. The average molecular weight is 203 g/mol. The molecule has 0 fully saturated rings. The van der Waals surface area contributed by atoms with Crippen molar-refractivity contribution >= 4 is 21.7 Å². The summed E-state index contributed by atoms with van der Waals surface area (Å²) in [5.74, 6) is 0.623. The van der Waals surface area contributed by atoms with Gasteiger partial charge in [0.1, 0.15) is 5.78 Å². The molecular weight excluding hydrogens is 192 g/mol. The summed E-state index contributed by atoms with van der Waals surface area (Å²) in [7, 11) is 0. The SMILES string of the molecule is CC(=O)[C@H]1CC=C(Br)CC1. The number of ketones is 1. The quantitative estimate of drug-likeness (QED) is 0.640. The summed E-state index contributed by atoms with van der Waals surface area (Å²) in [4.78, 5) is 10.9. The standard InChI is InChI=1S/C8H11BrO/c1-6(10)7-2-4-8(9)5-3-7/h4,7H,2-3,5H2,1H3/t7-/m0/s1. The van der Waals surface area contributed by atoms with E-state index < -0.39 is 0 Å². The zero-order valence-electron chi connectivity index (χ0n) is 6.06. The van der Waals surface area contributed by atoms with Crippen molar-refractivity contribution in [3.8, 4) is 0 Å². The molecule has 1 aliphatic carbocycles. The Morgan fingerprint density at radius 1 is 1.80 bits per heavy atom. The highest BCUT2D eigenvalue weighted by atomic mass is 79.9. The molecule has 1 aliphatic rings. The number of allylic oxidation sites excluding steroid dienone is 2. The summed E-state index contributed by atoms with van der Waals surface area (Å²) in [5, 5.41) is 0. The van der Waals surface area contributed by atoms with Gasteiger partial charge in [-0.15, -0.1) is 0 Å². The van der Waals surface area contributed by atoms with E-state index >= 15 is 0 Å². The van der Waals surface area contributed by atoms with Crippen LogP contribution in [0.1, 0.15) is 26.2 Å². The first-order valence-corrected chi connectivity index (χ1v) is 4.34. The second-order valence-corrected chi connectivity index (χ2v) is 3.75. The molecule has 0 aliphatic heterocycles. The van der Waals surface area contributed by atoms with Crippen molar-refractivity contribution in [3.63, 3.8) is 0 Å². The number of Topliss-reactive ketones (excluding diaryl/α,β-unsaturated/α-hetero) is 1. The minimum atomic E-state index is 0.293. The third-order valence-corrected chi connectivity index (χ3v) is 2.65. The molecule has 0 spiro atoms. The van der Waals surface area contributed by atoms with Gasteiger partial charge in [0, 0.05) is 5.92 Å². The first kappa shape index (κ1) is 7.99. The summed E-state index contributed by atoms with van der Waals surface area (Å²) in [6.07, 6.45) is 5.09. The molecule has 0 aromatic rings. The highest BCUT2D eigenvalue weighted by Gasteiger charge is 2.16. The van der Waals surface area contributed by atoms with Crippen LogP contribution in [-0.4, -0.2) is 5.78 Å². The number of carbonyl (C=O) groups is 1. The maximum Gasteiger partial charge on any atom is 0.133 e. The first-order chi connectivity index (χ1) is 4.70. The van der Waals surface area contributed by atoms with Crippen LogP contribution in [0.15, 0.2) is 10.6 Å². The fraction of sp³-hybridized carbons (Fsp3) is 0.625.